The number of nitrogens with zero attached hydrogens (tertiary/aromatic N) is 2. The molecule has 0 radical (unpaired) electrons. The molecule has 2 nitrogen and oxygen atoms in total. The van der Waals surface area contributed by atoms with E-state index in [2.05, 4.69) is 15.9 Å². The Balaban J connectivity index is 0. The van der Waals surface area contributed by atoms with Crippen LogP contribution in [0, 0.1) is 10.8 Å². The predicted octanol–water partition coefficient (Wildman–Crippen LogP) is 4.86. The lowest BCUT2D eigenvalue weighted by Gasteiger charge is -1.85. The quantitative estimate of drug-likeness (QED) is 0.379. The van der Waals surface area contributed by atoms with Gasteiger partial charge >= 0.3 is 5.31 Å². The van der Waals surface area contributed by atoms with E-state index in [1.165, 1.54) is 0 Å². The van der Waals surface area contributed by atoms with Crippen LogP contribution < -0.4 is 0 Å². The summed E-state index contributed by atoms with van der Waals surface area (Å²) < 4.78 is 1.13. The van der Waals surface area contributed by atoms with E-state index in [4.69, 9.17) is 55.1 Å². The molecule has 0 aliphatic heterocycles. The third-order valence-corrected chi connectivity index (χ3v) is 1.26. The molecule has 1 aromatic carbocycles. The van der Waals surface area contributed by atoms with Gasteiger partial charge in [-0.05, 0) is 12.1 Å². The van der Waals surface area contributed by atoms with Gasteiger partial charge in [0.1, 0.15) is 0 Å². The molecular formula is C6H5BrCl4N2Si. The highest BCUT2D eigenvalue weighted by Gasteiger charge is 2.19. The van der Waals surface area contributed by atoms with Gasteiger partial charge in [0.05, 0.1) is 0 Å². The molecule has 8 heteroatoms. The Hall–Kier alpha value is 0.497. The molecule has 0 bridgehead atoms. The fourth-order valence-corrected chi connectivity index (χ4v) is 0.720. The summed E-state index contributed by atoms with van der Waals surface area (Å²) >= 11 is 23.2. The summed E-state index contributed by atoms with van der Waals surface area (Å²) in [6.45, 7) is 0. The molecule has 0 aliphatic carbocycles. The van der Waals surface area contributed by atoms with E-state index in [9.17, 15) is 0 Å². The van der Waals surface area contributed by atoms with Gasteiger partial charge in [-0.1, -0.05) is 34.1 Å². The maximum atomic E-state index is 6.00. The summed E-state index contributed by atoms with van der Waals surface area (Å²) in [5.41, 5.74) is 0. The predicted molar refractivity (Wildman–Crippen MR) is 66.8 cm³/mol. The van der Waals surface area contributed by atoms with Crippen molar-refractivity contribution < 1.29 is 0 Å². The first-order chi connectivity index (χ1) is 6.39. The average molecular weight is 355 g/mol. The van der Waals surface area contributed by atoms with Crippen LogP contribution in [0.5, 0.6) is 0 Å². The molecule has 0 N–H and O–H groups in total. The van der Waals surface area contributed by atoms with Gasteiger partial charge in [-0.25, -0.2) is 0 Å². The van der Waals surface area contributed by atoms with Crippen molar-refractivity contribution in [2.24, 2.45) is 0 Å². The zero-order valence-electron chi connectivity index (χ0n) is 6.67. The van der Waals surface area contributed by atoms with Crippen molar-refractivity contribution in [3.8, 4) is 0 Å². The van der Waals surface area contributed by atoms with Crippen LogP contribution in [0.25, 0.3) is 0 Å². The molecule has 0 aliphatic rings. The number of hydrogen-bond acceptors (Lipinski definition) is 2. The van der Waals surface area contributed by atoms with E-state index < -0.39 is 5.31 Å². The zero-order chi connectivity index (χ0) is 11.6. The van der Waals surface area contributed by atoms with Crippen molar-refractivity contribution in [1.82, 2.24) is 0 Å². The highest BCUT2D eigenvalue weighted by atomic mass is 79.9. The molecule has 0 saturated heterocycles. The number of halogens is 5. The zero-order valence-corrected chi connectivity index (χ0v) is 12.3. The normalized spacial score (nSPS) is 8.79. The Morgan fingerprint density at radius 3 is 1.36 bits per heavy atom. The van der Waals surface area contributed by atoms with E-state index in [0.717, 1.165) is 4.47 Å². The monoisotopic (exact) mass is 352 g/mol. The highest BCUT2D eigenvalue weighted by Crippen LogP contribution is 2.23. The molecular weight excluding hydrogens is 350 g/mol. The van der Waals surface area contributed by atoms with Gasteiger partial charge in [0.25, 0.3) is 0 Å². The lowest BCUT2D eigenvalue weighted by atomic mass is 10.4. The largest absolute Gasteiger partial charge is 0.440 e. The first kappa shape index (κ1) is 16.9. The molecule has 0 heterocycles. The minimum absolute atomic E-state index is 1.13. The highest BCUT2D eigenvalue weighted by molar-refractivity contribution is 9.10. The third kappa shape index (κ3) is 22.9. The second-order valence-electron chi connectivity index (χ2n) is 1.72. The topological polar surface area (TPSA) is 47.6 Å². The minimum Gasteiger partial charge on any atom is -0.110 e. The van der Waals surface area contributed by atoms with E-state index in [1.54, 1.807) is 0 Å². The van der Waals surface area contributed by atoms with E-state index in [1.807, 2.05) is 30.3 Å². The Morgan fingerprint density at radius 2 is 1.21 bits per heavy atom. The maximum absolute atomic E-state index is 6.00. The fourth-order valence-electron chi connectivity index (χ4n) is 0.415. The molecule has 0 saturated carbocycles. The van der Waals surface area contributed by atoms with Crippen LogP contribution in [0.1, 0.15) is 0 Å². The van der Waals surface area contributed by atoms with Crippen molar-refractivity contribution in [3.05, 3.63) is 34.8 Å². The second kappa shape index (κ2) is 10.0. The Labute approximate surface area is 110 Å². The molecule has 78 valence electrons. The van der Waals surface area contributed by atoms with E-state index >= 15 is 0 Å². The first-order valence-electron chi connectivity index (χ1n) is 3.06. The average Bonchev–Trinajstić information content (AvgIpc) is 2.06. The summed E-state index contributed by atoms with van der Waals surface area (Å²) in [6, 6.07) is 9.97. The smallest absolute Gasteiger partial charge is 0.110 e. The number of rotatable bonds is 0. The van der Waals surface area contributed by atoms with Crippen LogP contribution in [-0.4, -0.2) is 5.31 Å². The molecule has 0 amide bonds. The van der Waals surface area contributed by atoms with Crippen molar-refractivity contribution in [1.29, 1.82) is 10.8 Å². The van der Waals surface area contributed by atoms with Crippen LogP contribution in [0.2, 0.25) is 0 Å². The van der Waals surface area contributed by atoms with Crippen LogP contribution in [0.15, 0.2) is 34.8 Å². The summed E-state index contributed by atoms with van der Waals surface area (Å²) in [4.78, 5) is 0. The van der Waals surface area contributed by atoms with Gasteiger partial charge in [0.2, 0.25) is 0 Å². The lowest BCUT2D eigenvalue weighted by molar-refractivity contribution is 1.15. The van der Waals surface area contributed by atoms with Crippen LogP contribution in [0.4, 0.5) is 0 Å². The molecule has 1 aromatic rings. The lowest BCUT2D eigenvalue weighted by Crippen LogP contribution is -1.91. The van der Waals surface area contributed by atoms with Gasteiger partial charge < -0.3 is 0 Å². The van der Waals surface area contributed by atoms with Crippen molar-refractivity contribution >= 4 is 65.6 Å². The standard InChI is InChI=1S/C6H5Br.Cl4Si.N2/c7-6-4-2-1-3-5-6;1-5(2,3)4;1-2/h1-5H;;. The number of hydrogen-bond donors (Lipinski definition) is 0. The molecule has 0 atom stereocenters. The molecule has 1 rings (SSSR count). The van der Waals surface area contributed by atoms with Gasteiger partial charge in [0, 0.05) is 15.3 Å². The Morgan fingerprint density at radius 1 is 0.929 bits per heavy atom. The SMILES string of the molecule is Brc1ccccc1.Cl[Si](Cl)(Cl)Cl.N#N. The second-order valence-corrected chi connectivity index (χ2v) is 13.8. The van der Waals surface area contributed by atoms with Crippen LogP contribution in [0.3, 0.4) is 0 Å². The van der Waals surface area contributed by atoms with Gasteiger partial charge in [0.15, 0.2) is 0 Å². The molecule has 0 aromatic heterocycles. The molecule has 0 unspecified atom stereocenters. The Kier molecular flexibility index (Phi) is 12.1. The van der Waals surface area contributed by atoms with E-state index in [-0.39, 0.29) is 0 Å². The fraction of sp³-hybridized carbons (Fsp3) is 0. The van der Waals surface area contributed by atoms with Crippen molar-refractivity contribution in [2.75, 3.05) is 0 Å². The summed E-state index contributed by atoms with van der Waals surface area (Å²) in [5, 5.41) is 9.28. The van der Waals surface area contributed by atoms with Gasteiger partial charge in [-0.2, -0.15) is 0 Å². The third-order valence-electron chi connectivity index (χ3n) is 0.733. The van der Waals surface area contributed by atoms with Crippen molar-refractivity contribution in [2.45, 2.75) is 0 Å². The number of benzene rings is 1. The summed E-state index contributed by atoms with van der Waals surface area (Å²) in [6.07, 6.45) is 0. The van der Waals surface area contributed by atoms with Gasteiger partial charge in [-0.3, -0.25) is 0 Å². The molecule has 14 heavy (non-hydrogen) atoms. The summed E-state index contributed by atoms with van der Waals surface area (Å²) in [7, 11) is 0. The van der Waals surface area contributed by atoms with Crippen LogP contribution >= 0.6 is 60.2 Å². The first-order valence-corrected chi connectivity index (χ1v) is 9.90. The minimum atomic E-state index is -2.72. The van der Waals surface area contributed by atoms with E-state index in [0.29, 0.717) is 0 Å². The maximum Gasteiger partial charge on any atom is 0.440 e. The molecule has 0 fully saturated rings. The van der Waals surface area contributed by atoms with Crippen LogP contribution in [-0.2, 0) is 0 Å². The Bertz CT molecular complexity index is 245. The summed E-state index contributed by atoms with van der Waals surface area (Å²) in [5.74, 6) is 0. The van der Waals surface area contributed by atoms with Crippen molar-refractivity contribution in [3.63, 3.8) is 0 Å². The van der Waals surface area contributed by atoms with Gasteiger partial charge in [-0.15, -0.1) is 44.3 Å². The molecule has 0 spiro atoms.